The first-order chi connectivity index (χ1) is 23.6. The molecule has 0 atom stereocenters. The van der Waals surface area contributed by atoms with Crippen LogP contribution in [0.1, 0.15) is 56.9 Å². The van der Waals surface area contributed by atoms with Crippen LogP contribution in [0.15, 0.2) is 103 Å². The molecule has 3 aliphatic rings. The van der Waals surface area contributed by atoms with Gasteiger partial charge < -0.3 is 9.80 Å². The van der Waals surface area contributed by atoms with E-state index in [9.17, 15) is 0 Å². The second-order valence-corrected chi connectivity index (χ2v) is 18.4. The largest absolute Gasteiger partial charge is 0.310 e. The fourth-order valence-electron chi connectivity index (χ4n) is 8.71. The highest BCUT2D eigenvalue weighted by Gasteiger charge is 2.47. The smallest absolute Gasteiger partial charge is 0.277 e. The number of nitrogens with zero attached hydrogens (tertiary/aromatic N) is 2. The van der Waals surface area contributed by atoms with E-state index in [0.29, 0.717) is 5.41 Å². The predicted octanol–water partition coefficient (Wildman–Crippen LogP) is 10.9. The zero-order chi connectivity index (χ0) is 33.4. The van der Waals surface area contributed by atoms with E-state index < -0.39 is 0 Å². The maximum atomic E-state index is 2.62. The Morgan fingerprint density at radius 1 is 0.633 bits per heavy atom. The summed E-state index contributed by atoms with van der Waals surface area (Å²) in [6.07, 6.45) is 2.29. The Morgan fingerprint density at radius 3 is 1.88 bits per heavy atom. The Balaban J connectivity index is 1.36. The first kappa shape index (κ1) is 29.6. The highest BCUT2D eigenvalue weighted by molar-refractivity contribution is 7.40. The lowest BCUT2D eigenvalue weighted by Gasteiger charge is -2.43. The van der Waals surface area contributed by atoms with Crippen LogP contribution in [0.2, 0.25) is 0 Å². The minimum atomic E-state index is -0.0390. The van der Waals surface area contributed by atoms with E-state index >= 15 is 0 Å². The molecule has 0 N–H and O–H groups in total. The van der Waals surface area contributed by atoms with Gasteiger partial charge in [0.25, 0.3) is 6.71 Å². The summed E-state index contributed by atoms with van der Waals surface area (Å²) in [5.74, 6) is 0. The number of thiophene rings is 2. The Kier molecular flexibility index (Phi) is 6.11. The molecule has 7 aromatic rings. The molecule has 2 aliphatic heterocycles. The average Bonchev–Trinajstić information content (AvgIpc) is 3.73. The second-order valence-electron chi connectivity index (χ2n) is 16.2. The Hall–Kier alpha value is -4.32. The third kappa shape index (κ3) is 4.31. The van der Waals surface area contributed by atoms with Crippen LogP contribution in [0.5, 0.6) is 0 Å². The van der Waals surface area contributed by atoms with Crippen molar-refractivity contribution in [3.63, 3.8) is 0 Å². The van der Waals surface area contributed by atoms with Gasteiger partial charge in [0.2, 0.25) is 0 Å². The van der Waals surface area contributed by atoms with Crippen molar-refractivity contribution in [2.24, 2.45) is 5.41 Å². The van der Waals surface area contributed by atoms with Crippen molar-refractivity contribution < 1.29 is 0 Å². The summed E-state index contributed by atoms with van der Waals surface area (Å²) < 4.78 is 5.68. The summed E-state index contributed by atoms with van der Waals surface area (Å²) in [6, 6.07) is 39.5. The van der Waals surface area contributed by atoms with Gasteiger partial charge in [-0.2, -0.15) is 0 Å². The zero-order valence-corrected chi connectivity index (χ0v) is 30.7. The molecule has 240 valence electrons. The van der Waals surface area contributed by atoms with Gasteiger partial charge in [0.05, 0.1) is 11.4 Å². The molecule has 1 aliphatic carbocycles. The lowest BCUT2D eigenvalue weighted by molar-refractivity contribution is 0.392. The van der Waals surface area contributed by atoms with Crippen molar-refractivity contribution in [2.75, 3.05) is 9.80 Å². The van der Waals surface area contributed by atoms with Gasteiger partial charge in [0.15, 0.2) is 0 Å². The number of rotatable bonds is 2. The molecule has 2 nitrogen and oxygen atoms in total. The highest BCUT2D eigenvalue weighted by Crippen LogP contribution is 2.52. The summed E-state index contributed by atoms with van der Waals surface area (Å²) in [5.41, 5.74) is 15.2. The molecule has 0 amide bonds. The molecule has 49 heavy (non-hydrogen) atoms. The number of fused-ring (bicyclic) bond motifs is 9. The van der Waals surface area contributed by atoms with Crippen LogP contribution in [-0.4, -0.2) is 6.71 Å². The normalized spacial score (nSPS) is 15.8. The maximum Gasteiger partial charge on any atom is 0.277 e. The highest BCUT2D eigenvalue weighted by atomic mass is 32.1. The van der Waals surface area contributed by atoms with Gasteiger partial charge in [-0.05, 0) is 107 Å². The molecule has 5 heteroatoms. The van der Waals surface area contributed by atoms with Crippen LogP contribution in [0.4, 0.5) is 34.1 Å². The van der Waals surface area contributed by atoms with Crippen molar-refractivity contribution in [2.45, 2.75) is 59.8 Å². The van der Waals surface area contributed by atoms with E-state index in [-0.39, 0.29) is 12.1 Å². The van der Waals surface area contributed by atoms with Gasteiger partial charge >= 0.3 is 0 Å². The summed E-state index contributed by atoms with van der Waals surface area (Å²) >= 11 is 4.02. The molecular weight excluding hydrogens is 631 g/mol. The Labute approximate surface area is 297 Å². The van der Waals surface area contributed by atoms with Crippen LogP contribution in [0, 0.1) is 12.3 Å². The molecule has 0 bridgehead atoms. The fraction of sp³-hybridized carbons (Fsp3) is 0.227. The average molecular weight is 671 g/mol. The maximum absolute atomic E-state index is 2.62. The first-order valence-electron chi connectivity index (χ1n) is 17.6. The molecular formula is C44H39BN2S2. The molecule has 0 spiro atoms. The Morgan fingerprint density at radius 2 is 1.20 bits per heavy atom. The number of aryl methyl sites for hydroxylation is 1. The van der Waals surface area contributed by atoms with E-state index in [1.807, 2.05) is 22.7 Å². The lowest BCUT2D eigenvalue weighted by atomic mass is 9.39. The molecule has 0 saturated heterocycles. The molecule has 0 unspecified atom stereocenters. The number of para-hydroxylation sites is 1. The van der Waals surface area contributed by atoms with Gasteiger partial charge in [-0.15, -0.1) is 22.7 Å². The minimum Gasteiger partial charge on any atom is -0.310 e. The van der Waals surface area contributed by atoms with Gasteiger partial charge in [-0.3, -0.25) is 0 Å². The van der Waals surface area contributed by atoms with E-state index in [2.05, 4.69) is 154 Å². The van der Waals surface area contributed by atoms with Gasteiger partial charge in [-0.25, -0.2) is 0 Å². The van der Waals surface area contributed by atoms with Crippen LogP contribution >= 0.6 is 22.7 Å². The lowest BCUT2D eigenvalue weighted by Crippen LogP contribution is -2.59. The summed E-state index contributed by atoms with van der Waals surface area (Å²) in [7, 11) is 0. The van der Waals surface area contributed by atoms with E-state index in [1.54, 1.807) is 0 Å². The van der Waals surface area contributed by atoms with Gasteiger partial charge in [0.1, 0.15) is 0 Å². The molecule has 5 aromatic carbocycles. The molecule has 0 radical (unpaired) electrons. The number of benzene rings is 5. The van der Waals surface area contributed by atoms with Crippen LogP contribution in [-0.2, 0) is 18.3 Å². The quantitative estimate of drug-likeness (QED) is 0.169. The second kappa shape index (κ2) is 10.1. The molecule has 4 heterocycles. The Bertz CT molecular complexity index is 2480. The monoisotopic (exact) mass is 670 g/mol. The SMILES string of the molecule is Cc1ccc(N2c3cc(C(C)(C)C)cc4c3B(c3sc5ccccc5c32)c2sc3cc5c(cc3c2N4c2ccccc2)CC(C)(C)C5)cc1. The molecule has 0 fully saturated rings. The topological polar surface area (TPSA) is 6.48 Å². The predicted molar refractivity (Wildman–Crippen MR) is 216 cm³/mol. The number of hydrogen-bond acceptors (Lipinski definition) is 4. The fourth-order valence-corrected chi connectivity index (χ4v) is 11.5. The molecule has 10 rings (SSSR count). The number of anilines is 6. The van der Waals surface area contributed by atoms with Crippen molar-refractivity contribution >= 4 is 98.7 Å². The summed E-state index contributed by atoms with van der Waals surface area (Å²) in [5, 5.41) is 2.74. The standard InChI is InChI=1S/C44H39BN2S2/c1-26-16-18-31(19-17-26)47-35-23-29(43(2,3)4)22-34-38(35)45(41-39(47)32-14-10-11-15-36(32)48-41)42-40(46(34)30-12-8-7-9-13-30)33-20-27-24-44(5,6)25-28(27)21-37(33)49-42/h7-23H,24-25H2,1-6H3. The van der Waals surface area contributed by atoms with Crippen molar-refractivity contribution in [3.05, 3.63) is 125 Å². The van der Waals surface area contributed by atoms with Crippen LogP contribution in [0.25, 0.3) is 20.2 Å². The summed E-state index contributed by atoms with van der Waals surface area (Å²) in [4.78, 5) is 5.22. The van der Waals surface area contributed by atoms with E-state index in [4.69, 9.17) is 0 Å². The zero-order valence-electron chi connectivity index (χ0n) is 29.0. The third-order valence-corrected chi connectivity index (χ3v) is 13.4. The van der Waals surface area contributed by atoms with Crippen molar-refractivity contribution in [3.8, 4) is 0 Å². The van der Waals surface area contributed by atoms with Crippen LogP contribution in [0.3, 0.4) is 0 Å². The van der Waals surface area contributed by atoms with Crippen molar-refractivity contribution in [1.82, 2.24) is 0 Å². The first-order valence-corrected chi connectivity index (χ1v) is 19.2. The van der Waals surface area contributed by atoms with Gasteiger partial charge in [0, 0.05) is 52.5 Å². The summed E-state index contributed by atoms with van der Waals surface area (Å²) in [6.45, 7) is 14.3. The van der Waals surface area contributed by atoms with Crippen molar-refractivity contribution in [1.29, 1.82) is 0 Å². The van der Waals surface area contributed by atoms with Gasteiger partial charge in [-0.1, -0.05) is 88.7 Å². The minimum absolute atomic E-state index is 0.0390. The third-order valence-electron chi connectivity index (χ3n) is 11.0. The molecule has 0 saturated carbocycles. The van der Waals surface area contributed by atoms with Crippen LogP contribution < -0.4 is 24.8 Å². The van der Waals surface area contributed by atoms with E-state index in [1.165, 1.54) is 91.6 Å². The number of hydrogen-bond donors (Lipinski definition) is 0. The molecule has 2 aromatic heterocycles. The van der Waals surface area contributed by atoms with E-state index in [0.717, 1.165) is 12.8 Å².